The standard InChI is InChI=1S/C20H20N6O2S/c1-11-16-19(24-10-25-20(16)29-17(11)18(22)27)26-14-5-4-12(8-21)7-15(14)28-13-3-2-6-23-9-13/h4-5,7,10,13,23H,2-3,6,9H2,1H3,(H2,22,27)(H,24,25,26). The summed E-state index contributed by atoms with van der Waals surface area (Å²) >= 11 is 1.25. The van der Waals surface area contributed by atoms with E-state index in [0.717, 1.165) is 36.9 Å². The number of carbonyl (C=O) groups excluding carboxylic acids is 1. The van der Waals surface area contributed by atoms with E-state index >= 15 is 0 Å². The molecule has 4 N–H and O–H groups in total. The molecule has 0 bridgehead atoms. The summed E-state index contributed by atoms with van der Waals surface area (Å²) in [5.41, 5.74) is 7.44. The maximum absolute atomic E-state index is 11.7. The van der Waals surface area contributed by atoms with E-state index < -0.39 is 5.91 Å². The van der Waals surface area contributed by atoms with E-state index in [4.69, 9.17) is 10.5 Å². The van der Waals surface area contributed by atoms with E-state index in [0.29, 0.717) is 32.5 Å². The van der Waals surface area contributed by atoms with Crippen molar-refractivity contribution in [1.82, 2.24) is 15.3 Å². The molecule has 1 aromatic carbocycles. The molecule has 0 radical (unpaired) electrons. The SMILES string of the molecule is Cc1c(C(N)=O)sc2ncnc(Nc3ccc(C#N)cc3OC3CCCNC3)c12. The van der Waals surface area contributed by atoms with Gasteiger partial charge in [-0.3, -0.25) is 4.79 Å². The van der Waals surface area contributed by atoms with Gasteiger partial charge in [-0.1, -0.05) is 0 Å². The van der Waals surface area contributed by atoms with Crippen LogP contribution in [0.2, 0.25) is 0 Å². The van der Waals surface area contributed by atoms with Crippen molar-refractivity contribution in [2.75, 3.05) is 18.4 Å². The molecule has 1 fully saturated rings. The molecule has 0 saturated carbocycles. The van der Waals surface area contributed by atoms with Crippen molar-refractivity contribution in [3.8, 4) is 11.8 Å². The van der Waals surface area contributed by atoms with Gasteiger partial charge in [-0.25, -0.2) is 9.97 Å². The summed E-state index contributed by atoms with van der Waals surface area (Å²) in [6, 6.07) is 7.40. The molecule has 1 aliphatic heterocycles. The Morgan fingerprint density at radius 3 is 3.03 bits per heavy atom. The number of hydrogen-bond donors (Lipinski definition) is 3. The van der Waals surface area contributed by atoms with Crippen LogP contribution in [0.5, 0.6) is 5.75 Å². The molecule has 4 rings (SSSR count). The third-order valence-electron chi connectivity index (χ3n) is 4.86. The van der Waals surface area contributed by atoms with Gasteiger partial charge in [0.25, 0.3) is 5.91 Å². The number of carbonyl (C=O) groups is 1. The largest absolute Gasteiger partial charge is 0.487 e. The van der Waals surface area contributed by atoms with E-state index in [1.807, 2.05) is 6.92 Å². The molecular weight excluding hydrogens is 388 g/mol. The second-order valence-corrected chi connectivity index (χ2v) is 7.86. The minimum absolute atomic E-state index is 0.0352. The molecule has 1 unspecified atom stereocenters. The van der Waals surface area contributed by atoms with Crippen molar-refractivity contribution in [2.24, 2.45) is 5.73 Å². The summed E-state index contributed by atoms with van der Waals surface area (Å²) in [4.78, 5) is 21.5. The van der Waals surface area contributed by atoms with Gasteiger partial charge in [0.05, 0.1) is 27.6 Å². The molecule has 0 spiro atoms. The Morgan fingerprint density at radius 1 is 1.45 bits per heavy atom. The van der Waals surface area contributed by atoms with Gasteiger partial charge in [-0.05, 0) is 44.0 Å². The molecule has 3 heterocycles. The Morgan fingerprint density at radius 2 is 2.31 bits per heavy atom. The minimum Gasteiger partial charge on any atom is -0.487 e. The zero-order chi connectivity index (χ0) is 20.4. The number of anilines is 2. The third-order valence-corrected chi connectivity index (χ3v) is 6.07. The van der Waals surface area contributed by atoms with Crippen molar-refractivity contribution in [3.63, 3.8) is 0 Å². The van der Waals surface area contributed by atoms with Crippen molar-refractivity contribution >= 4 is 39.0 Å². The maximum atomic E-state index is 11.7. The number of nitrogens with zero attached hydrogens (tertiary/aromatic N) is 3. The highest BCUT2D eigenvalue weighted by atomic mass is 32.1. The van der Waals surface area contributed by atoms with Gasteiger partial charge in [0.2, 0.25) is 0 Å². The summed E-state index contributed by atoms with van der Waals surface area (Å²) < 4.78 is 6.20. The summed E-state index contributed by atoms with van der Waals surface area (Å²) in [6.45, 7) is 3.58. The number of benzene rings is 1. The Kier molecular flexibility index (Phi) is 5.29. The number of fused-ring (bicyclic) bond motifs is 1. The number of ether oxygens (including phenoxy) is 1. The fourth-order valence-electron chi connectivity index (χ4n) is 3.42. The molecule has 1 saturated heterocycles. The van der Waals surface area contributed by atoms with Crippen LogP contribution in [0.4, 0.5) is 11.5 Å². The van der Waals surface area contributed by atoms with E-state index in [1.165, 1.54) is 17.7 Å². The minimum atomic E-state index is -0.483. The lowest BCUT2D eigenvalue weighted by Gasteiger charge is -2.25. The Hall–Kier alpha value is -3.22. The molecule has 8 nitrogen and oxygen atoms in total. The molecule has 1 atom stereocenters. The van der Waals surface area contributed by atoms with Gasteiger partial charge in [0.1, 0.15) is 28.8 Å². The van der Waals surface area contributed by atoms with Crippen LogP contribution in [0.15, 0.2) is 24.5 Å². The van der Waals surface area contributed by atoms with Crippen LogP contribution in [0.1, 0.15) is 33.6 Å². The first-order chi connectivity index (χ1) is 14.1. The average Bonchev–Trinajstić information content (AvgIpc) is 3.08. The lowest BCUT2D eigenvalue weighted by atomic mass is 10.1. The van der Waals surface area contributed by atoms with Crippen molar-refractivity contribution in [3.05, 3.63) is 40.5 Å². The molecule has 2 aromatic heterocycles. The second-order valence-electron chi connectivity index (χ2n) is 6.86. The highest BCUT2D eigenvalue weighted by molar-refractivity contribution is 7.20. The predicted octanol–water partition coefficient (Wildman–Crippen LogP) is 2.84. The number of thiophene rings is 1. The molecule has 3 aromatic rings. The number of nitrogens with one attached hydrogen (secondary N) is 2. The molecular formula is C20H20N6O2S. The van der Waals surface area contributed by atoms with Gasteiger partial charge in [-0.15, -0.1) is 11.3 Å². The fraction of sp³-hybridized carbons (Fsp3) is 0.300. The average molecular weight is 408 g/mol. The highest BCUT2D eigenvalue weighted by Gasteiger charge is 2.20. The first-order valence-electron chi connectivity index (χ1n) is 9.29. The molecule has 1 aliphatic rings. The van der Waals surface area contributed by atoms with Gasteiger partial charge < -0.3 is 21.1 Å². The first kappa shape index (κ1) is 19.1. The molecule has 29 heavy (non-hydrogen) atoms. The summed E-state index contributed by atoms with van der Waals surface area (Å²) in [5.74, 6) is 0.670. The van der Waals surface area contributed by atoms with Crippen LogP contribution in [0.3, 0.4) is 0 Å². The quantitative estimate of drug-likeness (QED) is 0.592. The molecule has 148 valence electrons. The number of primary amides is 1. The number of aromatic nitrogens is 2. The van der Waals surface area contributed by atoms with Crippen LogP contribution in [-0.2, 0) is 0 Å². The van der Waals surface area contributed by atoms with Crippen LogP contribution < -0.4 is 21.1 Å². The topological polar surface area (TPSA) is 126 Å². The van der Waals surface area contributed by atoms with E-state index in [1.54, 1.807) is 18.2 Å². The number of hydrogen-bond acceptors (Lipinski definition) is 8. The lowest BCUT2D eigenvalue weighted by Crippen LogP contribution is -2.37. The number of amides is 1. The Labute approximate surface area is 171 Å². The monoisotopic (exact) mass is 408 g/mol. The van der Waals surface area contributed by atoms with Crippen LogP contribution in [0.25, 0.3) is 10.2 Å². The zero-order valence-corrected chi connectivity index (χ0v) is 16.7. The summed E-state index contributed by atoms with van der Waals surface area (Å²) in [7, 11) is 0. The zero-order valence-electron chi connectivity index (χ0n) is 15.9. The lowest BCUT2D eigenvalue weighted by molar-refractivity contribution is 0.100. The fourth-order valence-corrected chi connectivity index (χ4v) is 4.42. The van der Waals surface area contributed by atoms with Gasteiger partial charge >= 0.3 is 0 Å². The maximum Gasteiger partial charge on any atom is 0.259 e. The van der Waals surface area contributed by atoms with E-state index in [9.17, 15) is 10.1 Å². The van der Waals surface area contributed by atoms with Gasteiger partial charge in [0.15, 0.2) is 0 Å². The molecule has 1 amide bonds. The van der Waals surface area contributed by atoms with Crippen molar-refractivity contribution < 1.29 is 9.53 Å². The third kappa shape index (κ3) is 3.85. The normalized spacial score (nSPS) is 16.3. The number of piperidine rings is 1. The second kappa shape index (κ2) is 8.03. The summed E-state index contributed by atoms with van der Waals surface area (Å²) in [6.07, 6.45) is 3.47. The van der Waals surface area contributed by atoms with E-state index in [2.05, 4.69) is 26.7 Å². The van der Waals surface area contributed by atoms with Crippen molar-refractivity contribution in [1.29, 1.82) is 5.26 Å². The molecule has 0 aliphatic carbocycles. The number of nitrogens with two attached hydrogens (primary N) is 1. The first-order valence-corrected chi connectivity index (χ1v) is 10.1. The number of aryl methyl sites for hydroxylation is 1. The molecule has 9 heteroatoms. The summed E-state index contributed by atoms with van der Waals surface area (Å²) in [5, 5.41) is 16.7. The number of rotatable bonds is 5. The predicted molar refractivity (Wildman–Crippen MR) is 112 cm³/mol. The van der Waals surface area contributed by atoms with Gasteiger partial charge in [0, 0.05) is 12.6 Å². The Bertz CT molecular complexity index is 1110. The van der Waals surface area contributed by atoms with Crippen molar-refractivity contribution in [2.45, 2.75) is 25.9 Å². The van der Waals surface area contributed by atoms with Gasteiger partial charge in [-0.2, -0.15) is 5.26 Å². The van der Waals surface area contributed by atoms with Crippen LogP contribution in [0, 0.1) is 18.3 Å². The van der Waals surface area contributed by atoms with Crippen LogP contribution >= 0.6 is 11.3 Å². The van der Waals surface area contributed by atoms with Crippen LogP contribution in [-0.4, -0.2) is 35.1 Å². The number of nitriles is 1. The highest BCUT2D eigenvalue weighted by Crippen LogP contribution is 2.36. The smallest absolute Gasteiger partial charge is 0.259 e. The van der Waals surface area contributed by atoms with E-state index in [-0.39, 0.29) is 6.10 Å². The Balaban J connectivity index is 1.72.